The Labute approximate surface area is 114 Å². The van der Waals surface area contributed by atoms with Crippen LogP contribution in [0.1, 0.15) is 5.82 Å². The van der Waals surface area contributed by atoms with Crippen molar-refractivity contribution in [2.24, 2.45) is 0 Å². The van der Waals surface area contributed by atoms with Gasteiger partial charge in [-0.3, -0.25) is 4.79 Å². The van der Waals surface area contributed by atoms with Gasteiger partial charge in [0, 0.05) is 17.3 Å². The Morgan fingerprint density at radius 3 is 3.00 bits per heavy atom. The maximum Gasteiger partial charge on any atom is 0.230 e. The average molecular weight is 282 g/mol. The number of carbonyl (C=O) groups excluding carboxylic acids is 1. The molecular formula is C12H12ClN3OS. The third kappa shape index (κ3) is 3.78. The van der Waals surface area contributed by atoms with E-state index in [0.29, 0.717) is 17.3 Å². The summed E-state index contributed by atoms with van der Waals surface area (Å²) in [4.78, 5) is 19.5. The van der Waals surface area contributed by atoms with Crippen LogP contribution in [0.2, 0.25) is 5.02 Å². The highest BCUT2D eigenvalue weighted by molar-refractivity contribution is 8.00. The lowest BCUT2D eigenvalue weighted by Crippen LogP contribution is -2.25. The van der Waals surface area contributed by atoms with Crippen molar-refractivity contribution in [3.8, 4) is 0 Å². The highest BCUT2D eigenvalue weighted by Crippen LogP contribution is 2.26. The van der Waals surface area contributed by atoms with Gasteiger partial charge >= 0.3 is 0 Å². The van der Waals surface area contributed by atoms with Crippen molar-refractivity contribution < 1.29 is 4.79 Å². The highest BCUT2D eigenvalue weighted by Gasteiger charge is 2.05. The summed E-state index contributed by atoms with van der Waals surface area (Å²) in [5.74, 6) is 1.03. The van der Waals surface area contributed by atoms with E-state index in [4.69, 9.17) is 11.6 Å². The summed E-state index contributed by atoms with van der Waals surface area (Å²) in [6, 6.07) is 7.47. The van der Waals surface area contributed by atoms with Gasteiger partial charge in [-0.05, 0) is 12.1 Å². The number of hydrogen-bond acceptors (Lipinski definition) is 3. The average Bonchev–Trinajstić information content (AvgIpc) is 2.88. The first-order valence-corrected chi connectivity index (χ1v) is 6.74. The van der Waals surface area contributed by atoms with Crippen LogP contribution in [-0.2, 0) is 11.3 Å². The first kappa shape index (κ1) is 13.0. The molecule has 1 aromatic heterocycles. The van der Waals surface area contributed by atoms with E-state index in [2.05, 4.69) is 15.3 Å². The minimum atomic E-state index is -0.0451. The normalized spacial score (nSPS) is 10.3. The fourth-order valence-electron chi connectivity index (χ4n) is 1.33. The minimum absolute atomic E-state index is 0.0451. The molecule has 0 unspecified atom stereocenters. The number of carbonyl (C=O) groups is 1. The molecule has 0 aliphatic rings. The molecule has 0 saturated carbocycles. The lowest BCUT2D eigenvalue weighted by molar-refractivity contribution is -0.118. The number of H-pyrrole nitrogens is 1. The van der Waals surface area contributed by atoms with Crippen LogP contribution in [0.5, 0.6) is 0 Å². The standard InChI is InChI=1S/C12H12ClN3OS/c13-9-3-1-2-4-10(9)18-8-12(17)16-7-11-14-5-6-15-11/h1-6H,7-8H2,(H,14,15)(H,16,17). The number of rotatable bonds is 5. The van der Waals surface area contributed by atoms with Crippen LogP contribution in [0.25, 0.3) is 0 Å². The van der Waals surface area contributed by atoms with Crippen molar-refractivity contribution in [2.45, 2.75) is 11.4 Å². The van der Waals surface area contributed by atoms with Gasteiger partial charge in [-0.1, -0.05) is 23.7 Å². The topological polar surface area (TPSA) is 57.8 Å². The maximum atomic E-state index is 11.6. The third-order valence-corrected chi connectivity index (χ3v) is 3.72. The summed E-state index contributed by atoms with van der Waals surface area (Å²) in [6.45, 7) is 0.412. The molecule has 0 radical (unpaired) electrons. The molecule has 0 aliphatic carbocycles. The molecule has 0 spiro atoms. The molecule has 2 N–H and O–H groups in total. The van der Waals surface area contributed by atoms with Crippen molar-refractivity contribution >= 4 is 29.3 Å². The van der Waals surface area contributed by atoms with Crippen molar-refractivity contribution in [3.05, 3.63) is 47.5 Å². The largest absolute Gasteiger partial charge is 0.348 e. The lowest BCUT2D eigenvalue weighted by Gasteiger charge is -2.04. The molecule has 6 heteroatoms. The van der Waals surface area contributed by atoms with E-state index in [1.807, 2.05) is 24.3 Å². The molecule has 0 atom stereocenters. The number of imidazole rings is 1. The van der Waals surface area contributed by atoms with Gasteiger partial charge in [0.2, 0.25) is 5.91 Å². The van der Waals surface area contributed by atoms with Crippen LogP contribution in [0.4, 0.5) is 0 Å². The second kappa shape index (κ2) is 6.47. The molecule has 94 valence electrons. The fraction of sp³-hybridized carbons (Fsp3) is 0.167. The number of aromatic amines is 1. The van der Waals surface area contributed by atoms with E-state index in [1.165, 1.54) is 11.8 Å². The summed E-state index contributed by atoms with van der Waals surface area (Å²) >= 11 is 7.42. The SMILES string of the molecule is O=C(CSc1ccccc1Cl)NCc1ncc[nH]1. The van der Waals surface area contributed by atoms with Gasteiger partial charge < -0.3 is 10.3 Å². The second-order valence-corrected chi connectivity index (χ2v) is 4.96. The summed E-state index contributed by atoms with van der Waals surface area (Å²) in [7, 11) is 0. The Balaban J connectivity index is 1.77. The monoisotopic (exact) mass is 281 g/mol. The Bertz CT molecular complexity index is 516. The van der Waals surface area contributed by atoms with Gasteiger partial charge in [-0.15, -0.1) is 11.8 Å². The van der Waals surface area contributed by atoms with Crippen LogP contribution in [0.15, 0.2) is 41.6 Å². The van der Waals surface area contributed by atoms with Crippen LogP contribution < -0.4 is 5.32 Å². The summed E-state index contributed by atoms with van der Waals surface area (Å²) in [5, 5.41) is 3.45. The number of aromatic nitrogens is 2. The molecular weight excluding hydrogens is 270 g/mol. The van der Waals surface area contributed by atoms with Gasteiger partial charge in [-0.25, -0.2) is 4.98 Å². The lowest BCUT2D eigenvalue weighted by atomic mass is 10.4. The van der Waals surface area contributed by atoms with E-state index >= 15 is 0 Å². The minimum Gasteiger partial charge on any atom is -0.348 e. The van der Waals surface area contributed by atoms with E-state index in [1.54, 1.807) is 12.4 Å². The molecule has 0 fully saturated rings. The summed E-state index contributed by atoms with van der Waals surface area (Å²) in [5.41, 5.74) is 0. The van der Waals surface area contributed by atoms with Crippen LogP contribution >= 0.6 is 23.4 Å². The first-order valence-electron chi connectivity index (χ1n) is 5.38. The van der Waals surface area contributed by atoms with Gasteiger partial charge in [0.1, 0.15) is 5.82 Å². The van der Waals surface area contributed by atoms with E-state index in [-0.39, 0.29) is 5.91 Å². The van der Waals surface area contributed by atoms with E-state index in [9.17, 15) is 4.79 Å². The molecule has 4 nitrogen and oxygen atoms in total. The number of amides is 1. The maximum absolute atomic E-state index is 11.6. The van der Waals surface area contributed by atoms with Crippen LogP contribution in [-0.4, -0.2) is 21.6 Å². The Kier molecular flexibility index (Phi) is 4.66. The number of nitrogens with one attached hydrogen (secondary N) is 2. The molecule has 0 aliphatic heterocycles. The number of hydrogen-bond donors (Lipinski definition) is 2. The van der Waals surface area contributed by atoms with Gasteiger partial charge in [0.05, 0.1) is 17.3 Å². The van der Waals surface area contributed by atoms with Crippen molar-refractivity contribution in [3.63, 3.8) is 0 Å². The second-order valence-electron chi connectivity index (χ2n) is 3.53. The highest BCUT2D eigenvalue weighted by atomic mass is 35.5. The number of benzene rings is 1. The summed E-state index contributed by atoms with van der Waals surface area (Å²) in [6.07, 6.45) is 3.37. The predicted octanol–water partition coefficient (Wildman–Crippen LogP) is 2.47. The molecule has 2 aromatic rings. The molecule has 0 saturated heterocycles. The molecule has 1 heterocycles. The third-order valence-electron chi connectivity index (χ3n) is 2.20. The van der Waals surface area contributed by atoms with Crippen molar-refractivity contribution in [1.29, 1.82) is 0 Å². The quantitative estimate of drug-likeness (QED) is 0.828. The molecule has 1 aromatic carbocycles. The molecule has 18 heavy (non-hydrogen) atoms. The number of halogens is 1. The zero-order chi connectivity index (χ0) is 12.8. The Hall–Kier alpha value is -1.46. The Morgan fingerprint density at radius 2 is 2.28 bits per heavy atom. The van der Waals surface area contributed by atoms with Crippen molar-refractivity contribution in [1.82, 2.24) is 15.3 Å². The van der Waals surface area contributed by atoms with Gasteiger partial charge in [-0.2, -0.15) is 0 Å². The predicted molar refractivity (Wildman–Crippen MR) is 72.6 cm³/mol. The number of nitrogens with zero attached hydrogens (tertiary/aromatic N) is 1. The Morgan fingerprint density at radius 1 is 1.44 bits per heavy atom. The van der Waals surface area contributed by atoms with Crippen molar-refractivity contribution in [2.75, 3.05) is 5.75 Å². The molecule has 2 rings (SSSR count). The summed E-state index contributed by atoms with van der Waals surface area (Å²) < 4.78 is 0. The van der Waals surface area contributed by atoms with Gasteiger partial charge in [0.15, 0.2) is 0 Å². The van der Waals surface area contributed by atoms with E-state index < -0.39 is 0 Å². The molecule has 1 amide bonds. The zero-order valence-corrected chi connectivity index (χ0v) is 11.1. The smallest absolute Gasteiger partial charge is 0.230 e. The van der Waals surface area contributed by atoms with Gasteiger partial charge in [0.25, 0.3) is 0 Å². The number of thioether (sulfide) groups is 1. The van der Waals surface area contributed by atoms with Crippen LogP contribution in [0.3, 0.4) is 0 Å². The van der Waals surface area contributed by atoms with Crippen LogP contribution in [0, 0.1) is 0 Å². The van der Waals surface area contributed by atoms with E-state index in [0.717, 1.165) is 10.7 Å². The fourth-order valence-corrected chi connectivity index (χ4v) is 2.40. The molecule has 0 bridgehead atoms. The zero-order valence-electron chi connectivity index (χ0n) is 9.52. The first-order chi connectivity index (χ1) is 8.75.